The molecule has 0 radical (unpaired) electrons. The number of carboxylic acids is 1. The first-order chi connectivity index (χ1) is 66.3. The van der Waals surface area contributed by atoms with Gasteiger partial charge in [-0.1, -0.05) is 335 Å². The minimum Gasteiger partial charge on any atom is -0.478 e. The highest BCUT2D eigenvalue weighted by Crippen LogP contribution is 2.44. The summed E-state index contributed by atoms with van der Waals surface area (Å²) < 4.78 is 13.1. The molecule has 0 aliphatic rings. The molecule has 15 heteroatoms. The van der Waals surface area contributed by atoms with Crippen molar-refractivity contribution in [1.29, 1.82) is 0 Å². The summed E-state index contributed by atoms with van der Waals surface area (Å²) >= 11 is 10.5. The zero-order valence-corrected chi connectivity index (χ0v) is 78.8. The summed E-state index contributed by atoms with van der Waals surface area (Å²) in [7, 11) is -2.88. The summed E-state index contributed by atoms with van der Waals surface area (Å²) in [4.78, 5) is 34.3. The van der Waals surface area contributed by atoms with Crippen molar-refractivity contribution in [1.82, 2.24) is 0 Å². The number of hydrogen-bond acceptors (Lipinski definition) is 9. The van der Waals surface area contributed by atoms with Crippen molar-refractivity contribution in [2.75, 3.05) is 13.2 Å². The van der Waals surface area contributed by atoms with Crippen molar-refractivity contribution in [3.8, 4) is 55.6 Å². The van der Waals surface area contributed by atoms with Gasteiger partial charge in [-0.3, -0.25) is 0 Å². The molecule has 10 nitrogen and oxygen atoms in total. The molecule has 0 amide bonds. The number of carbonyl (C=O) groups is 3. The molecular formula is C121H87B2Br3O10. The molecule has 0 aliphatic heterocycles. The number of benzene rings is 23. The van der Waals surface area contributed by atoms with Crippen LogP contribution in [0.4, 0.5) is 0 Å². The fourth-order valence-electron chi connectivity index (χ4n) is 17.6. The fraction of sp³-hybridized carbons (Fsp3) is 0.0331. The molecule has 23 aromatic carbocycles. The van der Waals surface area contributed by atoms with Crippen LogP contribution in [0.5, 0.6) is 0 Å². The number of carbonyl (C=O) groups excluding carboxylic acids is 2. The molecule has 658 valence electrons. The average molecular weight is 1960 g/mol. The molecular weight excluding hydrogens is 1870 g/mol. The predicted octanol–water partition coefficient (Wildman–Crippen LogP) is 30.0. The normalized spacial score (nSPS) is 11.0. The molecule has 23 aromatic rings. The smallest absolute Gasteiger partial charge is 0.478 e. The molecule has 136 heavy (non-hydrogen) atoms. The summed E-state index contributed by atoms with van der Waals surface area (Å²) in [6.07, 6.45) is 0. The van der Waals surface area contributed by atoms with Gasteiger partial charge in [0.2, 0.25) is 0 Å². The van der Waals surface area contributed by atoms with E-state index in [-0.39, 0.29) is 5.97 Å². The summed E-state index contributed by atoms with van der Waals surface area (Å²) in [6.45, 7) is 4.24. The molecule has 23 rings (SSSR count). The van der Waals surface area contributed by atoms with Gasteiger partial charge in [0, 0.05) is 13.4 Å². The molecule has 0 heterocycles. The SMILES string of the molecule is Brc1c2ccccc2cc2cc3ccccc3cc12.Brc1ccc(-c2c3ccccc3cc3cc4ccccc4cc23)cc1.CCOC(=O)c1ccc(-c2ccc(-c3c4ccccc4cc4cc5ccccc5cc34)cc2)cc1.CCOC(=O)c1ccc(B(O)O)cc1.O=C(O)c1ccc(-c2ccc(-c3c4ccccc4cc4cc5ccccc5cc34)cc2)cc1.OB(O)c1ccc(Br)cc1. The van der Waals surface area contributed by atoms with E-state index in [0.717, 1.165) is 36.8 Å². The second-order valence-electron chi connectivity index (χ2n) is 33.0. The Morgan fingerprint density at radius 2 is 0.441 bits per heavy atom. The van der Waals surface area contributed by atoms with Crippen molar-refractivity contribution in [2.24, 2.45) is 0 Å². The van der Waals surface area contributed by atoms with E-state index in [9.17, 15) is 14.4 Å². The van der Waals surface area contributed by atoms with E-state index in [0.29, 0.717) is 40.8 Å². The van der Waals surface area contributed by atoms with Gasteiger partial charge >= 0.3 is 32.1 Å². The van der Waals surface area contributed by atoms with Crippen LogP contribution in [0.25, 0.3) is 185 Å². The predicted molar refractivity (Wildman–Crippen MR) is 578 cm³/mol. The summed E-state index contributed by atoms with van der Waals surface area (Å²) in [5.74, 6) is -1.61. The highest BCUT2D eigenvalue weighted by molar-refractivity contribution is 9.11. The number of ether oxygens (including phenoxy) is 2. The molecule has 0 spiro atoms. The molecule has 0 bridgehead atoms. The van der Waals surface area contributed by atoms with E-state index in [1.807, 2.05) is 43.3 Å². The lowest BCUT2D eigenvalue weighted by molar-refractivity contribution is 0.0517. The van der Waals surface area contributed by atoms with Crippen LogP contribution >= 0.6 is 47.8 Å². The monoisotopic (exact) mass is 1960 g/mol. The molecule has 0 aliphatic carbocycles. The van der Waals surface area contributed by atoms with Crippen LogP contribution in [0.3, 0.4) is 0 Å². The van der Waals surface area contributed by atoms with Crippen LogP contribution < -0.4 is 10.9 Å². The minimum absolute atomic E-state index is 0.287. The van der Waals surface area contributed by atoms with E-state index >= 15 is 0 Å². The molecule has 0 saturated carbocycles. The van der Waals surface area contributed by atoms with E-state index in [2.05, 4.69) is 388 Å². The first-order valence-electron chi connectivity index (χ1n) is 44.7. The van der Waals surface area contributed by atoms with E-state index < -0.39 is 26.2 Å². The van der Waals surface area contributed by atoms with E-state index in [4.69, 9.17) is 34.7 Å². The highest BCUT2D eigenvalue weighted by Gasteiger charge is 2.19. The molecule has 0 aromatic heterocycles. The Balaban J connectivity index is 0.000000113. The largest absolute Gasteiger partial charge is 0.488 e. The second kappa shape index (κ2) is 41.6. The lowest BCUT2D eigenvalue weighted by Crippen LogP contribution is -2.29. The third-order valence-corrected chi connectivity index (χ3v) is 26.3. The van der Waals surface area contributed by atoms with E-state index in [1.54, 1.807) is 43.3 Å². The molecule has 5 N–H and O–H groups in total. The zero-order valence-electron chi connectivity index (χ0n) is 74.0. The number of aromatic carboxylic acids is 1. The number of hydrogen-bond donors (Lipinski definition) is 5. The lowest BCUT2D eigenvalue weighted by Gasteiger charge is -2.14. The van der Waals surface area contributed by atoms with Crippen LogP contribution in [-0.2, 0) is 9.47 Å². The lowest BCUT2D eigenvalue weighted by atomic mass is 9.80. The van der Waals surface area contributed by atoms with Crippen LogP contribution in [0.1, 0.15) is 44.9 Å². The summed E-state index contributed by atoms with van der Waals surface area (Å²) in [5, 5.41) is 74.4. The van der Waals surface area contributed by atoms with Crippen molar-refractivity contribution in [2.45, 2.75) is 13.8 Å². The fourth-order valence-corrected chi connectivity index (χ4v) is 18.9. The van der Waals surface area contributed by atoms with Gasteiger partial charge in [-0.25, -0.2) is 14.4 Å². The van der Waals surface area contributed by atoms with Crippen LogP contribution in [0.15, 0.2) is 450 Å². The van der Waals surface area contributed by atoms with Crippen LogP contribution in [-0.4, -0.2) is 70.6 Å². The van der Waals surface area contributed by atoms with Gasteiger partial charge in [-0.2, -0.15) is 0 Å². The topological polar surface area (TPSA) is 171 Å². The minimum atomic E-state index is -1.51. The van der Waals surface area contributed by atoms with Crippen LogP contribution in [0, 0.1) is 0 Å². The maximum Gasteiger partial charge on any atom is 0.488 e. The van der Waals surface area contributed by atoms with Gasteiger partial charge in [0.05, 0.1) is 29.9 Å². The Hall–Kier alpha value is -15.0. The molecule has 0 saturated heterocycles. The van der Waals surface area contributed by atoms with Crippen molar-refractivity contribution >= 4 is 220 Å². The van der Waals surface area contributed by atoms with Crippen LogP contribution in [0.2, 0.25) is 0 Å². The van der Waals surface area contributed by atoms with Gasteiger partial charge in [-0.15, -0.1) is 0 Å². The third kappa shape index (κ3) is 20.4. The number of fused-ring (bicyclic) bond motifs is 12. The average Bonchev–Trinajstić information content (AvgIpc) is 0.754. The van der Waals surface area contributed by atoms with Gasteiger partial charge in [-0.05, 0) is 359 Å². The third-order valence-electron chi connectivity index (χ3n) is 24.4. The number of esters is 2. The van der Waals surface area contributed by atoms with E-state index in [1.165, 1.54) is 186 Å². The Morgan fingerprint density at radius 1 is 0.228 bits per heavy atom. The second-order valence-corrected chi connectivity index (χ2v) is 35.6. The van der Waals surface area contributed by atoms with Crippen molar-refractivity contribution in [3.63, 3.8) is 0 Å². The zero-order chi connectivity index (χ0) is 93.9. The standard InChI is InChI=1S/C33H24O2.C31H20O2.C24H15Br.C18H11Br.C9H11BO4.C6H6BBrO2/c1-2-35-33(34)25-17-13-23(14-18-25)22-11-15-24(16-12-22)32-30-10-6-5-9-28(30)20-29-19-26-7-3-4-8-27(26)21-31(29)32;32-31(33)23-15-11-21(12-16-23)20-9-13-22(14-10-20)30-28-8-4-3-7-26(28)18-27-17-24-5-1-2-6-25(24)19-29(27)30;25-21-11-9-16(10-12-21)24-22-8-4-3-7-19(22)14-20-13-17-5-1-2-6-18(17)15-23(20)24;19-18-16-8-4-3-7-14(16)10-15-9-12-5-1-2-6-13(12)11-17(15)18;1-2-14-9(11)7-3-5-8(6-4-7)10(12)13;8-6-3-1-5(2-4-6)7(9)10/h3-21H,2H2,1H3;1-19H,(H,32,33);1-15H;1-11H;3-6,12-13H,2H2,1H3;1-4,9-10H. The summed E-state index contributed by atoms with van der Waals surface area (Å²) in [5.41, 5.74) is 13.8. The molecule has 0 fully saturated rings. The maximum absolute atomic E-state index is 12.0. The van der Waals surface area contributed by atoms with Gasteiger partial charge in [0.1, 0.15) is 0 Å². The number of carboxylic acid groups (broad SMARTS) is 1. The first kappa shape index (κ1) is 91.5. The Kier molecular flexibility index (Phi) is 28.0. The Morgan fingerprint density at radius 3 is 0.743 bits per heavy atom. The molecule has 0 atom stereocenters. The first-order valence-corrected chi connectivity index (χ1v) is 47.1. The van der Waals surface area contributed by atoms with Gasteiger partial charge < -0.3 is 34.7 Å². The maximum atomic E-state index is 12.0. The van der Waals surface area contributed by atoms with Gasteiger partial charge in [0.25, 0.3) is 0 Å². The highest BCUT2D eigenvalue weighted by atomic mass is 79.9. The number of rotatable bonds is 12. The van der Waals surface area contributed by atoms with Gasteiger partial charge in [0.15, 0.2) is 0 Å². The number of halogens is 3. The van der Waals surface area contributed by atoms with Crippen molar-refractivity contribution < 1.29 is 49.1 Å². The Bertz CT molecular complexity index is 8370. The Labute approximate surface area is 812 Å². The summed E-state index contributed by atoms with van der Waals surface area (Å²) in [6, 6.07) is 149. The molecule has 0 unspecified atom stereocenters. The quantitative estimate of drug-likeness (QED) is 0.0451. The van der Waals surface area contributed by atoms with Crippen molar-refractivity contribution in [3.05, 3.63) is 467 Å².